The molecule has 5 aromatic heterocycles. The van der Waals surface area contributed by atoms with Gasteiger partial charge in [-0.05, 0) is 243 Å². The number of nitrogens with zero attached hydrogens (tertiary/aromatic N) is 16. The monoisotopic (exact) mass is 2100 g/mol. The summed E-state index contributed by atoms with van der Waals surface area (Å²) in [5.74, 6) is -5.75. The number of hydrogen-bond acceptors (Lipinski definition) is 23. The van der Waals surface area contributed by atoms with E-state index in [-0.39, 0.29) is 118 Å². The lowest BCUT2D eigenvalue weighted by molar-refractivity contribution is -0.136. The van der Waals surface area contributed by atoms with E-state index < -0.39 is 93.3 Å². The molecule has 4 saturated heterocycles. The van der Waals surface area contributed by atoms with E-state index in [1.165, 1.54) is 37.4 Å². The van der Waals surface area contributed by atoms with Crippen LogP contribution in [-0.2, 0) is 77.7 Å². The Balaban J connectivity index is 0.000000187. The van der Waals surface area contributed by atoms with Crippen molar-refractivity contribution in [3.8, 4) is 0 Å². The first-order valence-corrected chi connectivity index (χ1v) is 55.9. The first kappa shape index (κ1) is 115. The molecular formula is C109H153F3N22O13S2. The number of piperidine rings is 1. The van der Waals surface area contributed by atoms with Crippen LogP contribution >= 0.6 is 11.5 Å². The average Bonchev–Trinajstić information content (AvgIpc) is 1.64. The largest absolute Gasteiger partial charge is 0.341 e. The number of sulfonamides is 1. The van der Waals surface area contributed by atoms with E-state index in [1.807, 2.05) is 48.8 Å². The zero-order chi connectivity index (χ0) is 107. The fourth-order valence-electron chi connectivity index (χ4n) is 21.6. The molecule has 8 amide bonds. The van der Waals surface area contributed by atoms with E-state index in [4.69, 9.17) is 0 Å². The topological polar surface area (TPSA) is 401 Å². The Kier molecular flexibility index (Phi) is 41.1. The molecule has 7 fully saturated rings. The summed E-state index contributed by atoms with van der Waals surface area (Å²) in [6, 6.07) is 15.2. The summed E-state index contributed by atoms with van der Waals surface area (Å²) >= 11 is 1.14. The molecule has 9 atom stereocenters. The third-order valence-electron chi connectivity index (χ3n) is 31.8. The standard InChI is InChI=1S/C41H58FN9O4.C35H46FN7O4S.C33H49FN6O5S/c1-6-50-34(13-17-43-50)39(53)46-38(29-9-7-27(2)8-10-29)36(52)26-31-12-11-30(25-33(31)42)28(3)37(41(55)49-23-21-48(5)22-24-49)45-40(54)35-14-18-44-51(35)32-15-19-47(4)20-16-32;1-5-43-29(12-13-37-43)34(46)40-32(24-8-6-22(2)7-9-24)30(44)19-26-11-10-25(18-28(26)36)23(3)31(39-33(45)27-20-38-48-21-27)35(47)42-16-14-41(4)15-17-42;1-6-40-28(14-15-35-40)32(42)36-31(24-10-8-22(3)9-11-24)29(41)21-26-13-12-25(20-27(26)34)23(4)30(37-46(44,45)7-2)33(43)39-18-16-38(5)17-19-39/h11-14,17-18,25,27-29,32,37-38H,6-10,15-16,19-24,26H2,1-5H3,(H,45,54)(H,46,53);10-13,18,20-24,31-32H,5-9,14-17,19H2,1-4H3,(H,39,45)(H,40,46);12-15,20,22-24,30-31,37H,6-11,16-19,21H2,1-5H3,(H,36,42)/t27?,28-,29?,37+,38-;22?,23-,24?,31+,32-;22?,23-,24?,30+,31-/m000/s1. The first-order valence-electron chi connectivity index (χ1n) is 53.4. The second kappa shape index (κ2) is 53.4. The Hall–Kier alpha value is -11.6. The van der Waals surface area contributed by atoms with Crippen molar-refractivity contribution in [2.75, 3.05) is 126 Å². The molecule has 9 heterocycles. The summed E-state index contributed by atoms with van der Waals surface area (Å²) in [6.45, 7) is 29.7. The number of hydrogen-bond donors (Lipinski definition) is 6. The molecule has 149 heavy (non-hydrogen) atoms. The molecule has 0 spiro atoms. The number of aromatic nitrogens is 9. The quantitative estimate of drug-likeness (QED) is 0.0209. The minimum Gasteiger partial charge on any atom is -0.341 e. The number of carbonyl (C=O) groups excluding carboxylic acids is 11. The molecule has 0 radical (unpaired) electrons. The molecule has 7 aliphatic rings. The zero-order valence-corrected chi connectivity index (χ0v) is 90.5. The number of rotatable bonds is 38. The molecule has 15 rings (SSSR count). The van der Waals surface area contributed by atoms with Gasteiger partial charge in [-0.15, -0.1) is 0 Å². The van der Waals surface area contributed by atoms with Crippen molar-refractivity contribution < 1.29 is 74.3 Å². The van der Waals surface area contributed by atoms with Gasteiger partial charge in [0, 0.05) is 165 Å². The summed E-state index contributed by atoms with van der Waals surface area (Å²) in [4.78, 5) is 164. The smallest absolute Gasteiger partial charge is 0.270 e. The second-order valence-corrected chi connectivity index (χ2v) is 45.0. The molecule has 0 bridgehead atoms. The number of benzene rings is 3. The van der Waals surface area contributed by atoms with Crippen LogP contribution in [0.4, 0.5) is 13.2 Å². The van der Waals surface area contributed by atoms with Crippen LogP contribution in [0.25, 0.3) is 0 Å². The van der Waals surface area contributed by atoms with Gasteiger partial charge in [-0.3, -0.25) is 71.5 Å². The number of nitrogens with one attached hydrogen (secondary N) is 6. The Morgan fingerprint density at radius 2 is 0.678 bits per heavy atom. The molecule has 35 nitrogen and oxygen atoms in total. The van der Waals surface area contributed by atoms with E-state index in [9.17, 15) is 61.2 Å². The van der Waals surface area contributed by atoms with Gasteiger partial charge in [-0.25, -0.2) is 30.7 Å². The number of aryl methyl sites for hydroxylation is 3. The molecular weight excluding hydrogens is 1950 g/mol. The molecule has 4 aliphatic heterocycles. The Morgan fingerprint density at radius 3 is 0.993 bits per heavy atom. The number of likely N-dealkylation sites (N-methyl/N-ethyl adjacent to an activating group) is 3. The third kappa shape index (κ3) is 30.1. The molecule has 40 heteroatoms. The van der Waals surface area contributed by atoms with Crippen molar-refractivity contribution in [2.45, 2.75) is 258 Å². The number of likely N-dealkylation sites (tertiary alicyclic amines) is 1. The Bertz CT molecular complexity index is 6000. The van der Waals surface area contributed by atoms with Crippen LogP contribution in [0.3, 0.4) is 0 Å². The van der Waals surface area contributed by atoms with Crippen molar-refractivity contribution in [1.29, 1.82) is 0 Å². The van der Waals surface area contributed by atoms with Gasteiger partial charge in [-0.2, -0.15) is 20.4 Å². The van der Waals surface area contributed by atoms with Gasteiger partial charge in [0.05, 0.1) is 41.7 Å². The van der Waals surface area contributed by atoms with Crippen LogP contribution in [0.5, 0.6) is 0 Å². The summed E-state index contributed by atoms with van der Waals surface area (Å²) < 4.78 is 85.8. The van der Waals surface area contributed by atoms with Gasteiger partial charge in [0.1, 0.15) is 58.4 Å². The minimum atomic E-state index is -3.74. The highest BCUT2D eigenvalue weighted by atomic mass is 32.2. The lowest BCUT2D eigenvalue weighted by atomic mass is 9.77. The van der Waals surface area contributed by atoms with Crippen molar-refractivity contribution in [2.24, 2.45) is 35.5 Å². The lowest BCUT2D eigenvalue weighted by Crippen LogP contribution is -2.56. The Morgan fingerprint density at radius 1 is 0.376 bits per heavy atom. The van der Waals surface area contributed by atoms with E-state index in [1.54, 1.807) is 132 Å². The maximum absolute atomic E-state index is 16.1. The van der Waals surface area contributed by atoms with Crippen LogP contribution in [0.2, 0.25) is 0 Å². The summed E-state index contributed by atoms with van der Waals surface area (Å²) in [5, 5.41) is 33.5. The highest BCUT2D eigenvalue weighted by molar-refractivity contribution is 7.89. The molecule has 810 valence electrons. The van der Waals surface area contributed by atoms with E-state index in [0.29, 0.717) is 148 Å². The molecule has 6 N–H and O–H groups in total. The number of amides is 8. The van der Waals surface area contributed by atoms with Crippen molar-refractivity contribution in [1.82, 2.24) is 109 Å². The van der Waals surface area contributed by atoms with E-state index in [0.717, 1.165) is 128 Å². The van der Waals surface area contributed by atoms with Gasteiger partial charge in [0.25, 0.3) is 29.5 Å². The molecule has 3 aliphatic carbocycles. The maximum Gasteiger partial charge on any atom is 0.270 e. The number of halogens is 3. The summed E-state index contributed by atoms with van der Waals surface area (Å²) in [5.41, 5.74) is 4.00. The maximum atomic E-state index is 16.1. The van der Waals surface area contributed by atoms with E-state index in [2.05, 4.69) is 103 Å². The van der Waals surface area contributed by atoms with Gasteiger partial charge in [0.2, 0.25) is 27.7 Å². The van der Waals surface area contributed by atoms with Crippen LogP contribution in [0.1, 0.15) is 269 Å². The highest BCUT2D eigenvalue weighted by Crippen LogP contribution is 2.38. The predicted octanol–water partition coefficient (Wildman–Crippen LogP) is 10.8. The van der Waals surface area contributed by atoms with Crippen LogP contribution in [0, 0.1) is 53.0 Å². The van der Waals surface area contributed by atoms with Gasteiger partial charge >= 0.3 is 0 Å². The normalized spacial score (nSPS) is 21.3. The predicted molar refractivity (Wildman–Crippen MR) is 563 cm³/mol. The van der Waals surface area contributed by atoms with Gasteiger partial charge in [-0.1, -0.05) is 116 Å². The Labute approximate surface area is 878 Å². The second-order valence-electron chi connectivity index (χ2n) is 42.3. The average molecular weight is 2100 g/mol. The number of piperazine rings is 3. The van der Waals surface area contributed by atoms with Crippen LogP contribution in [-0.4, -0.2) is 313 Å². The zero-order valence-electron chi connectivity index (χ0n) is 88.9. The third-order valence-corrected chi connectivity index (χ3v) is 33.7. The summed E-state index contributed by atoms with van der Waals surface area (Å²) in [7, 11) is 4.31. The fraction of sp³-hybridized carbons (Fsp3) is 0.596. The van der Waals surface area contributed by atoms with Crippen molar-refractivity contribution in [3.05, 3.63) is 194 Å². The minimum absolute atomic E-state index is 0.0404. The molecule has 8 aromatic rings. The van der Waals surface area contributed by atoms with Crippen LogP contribution in [0.15, 0.2) is 115 Å². The summed E-state index contributed by atoms with van der Waals surface area (Å²) in [6.07, 6.45) is 19.4. The molecule has 3 aromatic carbocycles. The number of carbonyl (C=O) groups is 11. The van der Waals surface area contributed by atoms with E-state index >= 15 is 13.2 Å². The van der Waals surface area contributed by atoms with Crippen molar-refractivity contribution >= 4 is 86.2 Å². The number of ketones is 3. The first-order chi connectivity index (χ1) is 71.3. The fourth-order valence-corrected chi connectivity index (χ4v) is 22.9. The SMILES string of the molecule is CCn1nccc1C(=O)N[C@H](C(=O)Cc1ccc([C@H](C)[C@@H](NC(=O)c2ccnn2C2CCN(C)CC2)C(=O)N2CCN(C)CC2)cc1F)C1CCC(C)CC1.CCn1nccc1C(=O)N[C@H](C(=O)Cc1ccc([C@H](C)[C@@H](NC(=O)c2cnsc2)C(=O)N2CCN(C)CC2)cc1F)C1CCC(C)CC1.CCn1nccc1C(=O)N[C@H](C(=O)Cc1ccc([C@H](C)[C@@H](NS(=O)(=O)CC)C(=O)N2CCN(C)CC2)cc1F)C1CCC(C)CC1. The van der Waals surface area contributed by atoms with Crippen LogP contribution < -0.4 is 31.3 Å². The molecule has 3 saturated carbocycles. The molecule has 0 unspecified atom stereocenters. The number of Topliss-reactive ketones (excluding diaryl/α,β-unsaturated/α-hetero) is 3. The van der Waals surface area contributed by atoms with Gasteiger partial charge in [0.15, 0.2) is 17.3 Å². The highest BCUT2D eigenvalue weighted by Gasteiger charge is 2.43. The van der Waals surface area contributed by atoms with Gasteiger partial charge < -0.3 is 60.9 Å². The lowest BCUT2D eigenvalue weighted by Gasteiger charge is -2.36. The van der Waals surface area contributed by atoms with Crippen molar-refractivity contribution in [3.63, 3.8) is 0 Å².